The smallest absolute Gasteiger partial charge is 0.338 e. The van der Waals surface area contributed by atoms with Crippen LogP contribution in [0.25, 0.3) is 0 Å². The highest BCUT2D eigenvalue weighted by molar-refractivity contribution is 6.00. The average molecular weight is 688 g/mol. The van der Waals surface area contributed by atoms with E-state index in [1.165, 1.54) is 21.0 Å². The standard InChI is InChI=1S/C37H53NO11/c1-11-28-37(44,20-39)19-22(3)29(40)21(2)18-36(7,45-10)32(24(5)30(41)25(6)33(42)47-28)49-35-31(27(38(8)9)17-23(4)46-35)48-34(43)26-15-13-12-14-16-26/h12-16,19-21,23-25,27-28,31-32,35,44H,11,17-18H2,1-10H3/b22-19+/t21-,23-,24+,25-,27+,28-,31-,32-,35?,36+,37-/m1/s1. The minimum atomic E-state index is -2.29. The number of Topliss-reactive ketones (excluding diaryl/α,β-unsaturated/α-hetero) is 2. The number of ketones is 2. The molecule has 12 heteroatoms. The van der Waals surface area contributed by atoms with Crippen molar-refractivity contribution in [3.63, 3.8) is 0 Å². The molecule has 0 saturated carbocycles. The SMILES string of the molecule is CC[C@H]1OC(=O)[C@H](C)C(=O)[C@H](C)[C@@H](OC2O[C@H](C)C[C@H](N(C)C)[C@H]2OC(=O)c2ccccc2)[C@@](C)(OC)C[C@@H](C)C(=O)/C(C)=C/[C@@]1(O)C=O. The molecular formula is C37H53NO11. The third-order valence-electron chi connectivity index (χ3n) is 9.86. The van der Waals surface area contributed by atoms with Crippen LogP contribution in [0.15, 0.2) is 42.0 Å². The number of cyclic esters (lactones) is 1. The van der Waals surface area contributed by atoms with Gasteiger partial charge in [0.05, 0.1) is 29.4 Å². The van der Waals surface area contributed by atoms with Gasteiger partial charge in [0, 0.05) is 18.9 Å². The van der Waals surface area contributed by atoms with Gasteiger partial charge in [0.1, 0.15) is 12.0 Å². The second-order valence-corrected chi connectivity index (χ2v) is 13.9. The molecule has 0 aliphatic carbocycles. The maximum Gasteiger partial charge on any atom is 0.338 e. The zero-order valence-electron chi connectivity index (χ0n) is 30.3. The lowest BCUT2D eigenvalue weighted by molar-refractivity contribution is -0.294. The van der Waals surface area contributed by atoms with Crippen molar-refractivity contribution in [2.45, 2.75) is 116 Å². The van der Waals surface area contributed by atoms with Gasteiger partial charge in [0.2, 0.25) is 0 Å². The molecular weight excluding hydrogens is 634 g/mol. The number of hydrogen-bond acceptors (Lipinski definition) is 12. The Morgan fingerprint density at radius 2 is 1.73 bits per heavy atom. The lowest BCUT2D eigenvalue weighted by atomic mass is 9.77. The van der Waals surface area contributed by atoms with Gasteiger partial charge in [-0.1, -0.05) is 39.0 Å². The Labute approximate surface area is 289 Å². The Morgan fingerprint density at radius 1 is 1.10 bits per heavy atom. The molecule has 1 N–H and O–H groups in total. The molecule has 0 amide bonds. The fraction of sp³-hybridized carbons (Fsp3) is 0.649. The van der Waals surface area contributed by atoms with E-state index in [4.69, 9.17) is 23.7 Å². The maximum atomic E-state index is 14.1. The van der Waals surface area contributed by atoms with Crippen molar-refractivity contribution in [3.05, 3.63) is 47.5 Å². The van der Waals surface area contributed by atoms with Gasteiger partial charge < -0.3 is 33.7 Å². The molecule has 2 aliphatic heterocycles. The fourth-order valence-electron chi connectivity index (χ4n) is 6.90. The van der Waals surface area contributed by atoms with E-state index in [0.717, 1.165) is 6.08 Å². The van der Waals surface area contributed by atoms with E-state index in [-0.39, 0.29) is 36.8 Å². The summed E-state index contributed by atoms with van der Waals surface area (Å²) in [6.45, 7) is 11.3. The fourth-order valence-corrected chi connectivity index (χ4v) is 6.90. The van der Waals surface area contributed by atoms with E-state index < -0.39 is 77.1 Å². The Bertz CT molecular complexity index is 1380. The van der Waals surface area contributed by atoms with Crippen LogP contribution in [0.1, 0.15) is 78.1 Å². The third-order valence-corrected chi connectivity index (χ3v) is 9.86. The summed E-state index contributed by atoms with van der Waals surface area (Å²) in [6.07, 6.45) is -2.97. The first-order valence-corrected chi connectivity index (χ1v) is 16.9. The molecule has 0 spiro atoms. The number of nitrogens with zero attached hydrogens (tertiary/aromatic N) is 1. The van der Waals surface area contributed by atoms with Crippen LogP contribution in [0.3, 0.4) is 0 Å². The van der Waals surface area contributed by atoms with Crippen molar-refractivity contribution < 1.29 is 52.8 Å². The number of benzene rings is 1. The van der Waals surface area contributed by atoms with E-state index in [2.05, 4.69) is 0 Å². The van der Waals surface area contributed by atoms with Gasteiger partial charge in [-0.15, -0.1) is 0 Å². The van der Waals surface area contributed by atoms with E-state index in [1.807, 2.05) is 25.9 Å². The number of carbonyl (C=O) groups is 5. The van der Waals surface area contributed by atoms with Gasteiger partial charge in [0.15, 0.2) is 35.8 Å². The predicted molar refractivity (Wildman–Crippen MR) is 179 cm³/mol. The zero-order valence-corrected chi connectivity index (χ0v) is 30.3. The summed E-state index contributed by atoms with van der Waals surface area (Å²) in [5.74, 6) is -5.58. The van der Waals surface area contributed by atoms with Gasteiger partial charge in [-0.3, -0.25) is 19.2 Å². The van der Waals surface area contributed by atoms with Crippen LogP contribution in [0.4, 0.5) is 0 Å². The Hall–Kier alpha value is -3.29. The Morgan fingerprint density at radius 3 is 2.29 bits per heavy atom. The minimum Gasteiger partial charge on any atom is -0.458 e. The molecule has 1 saturated heterocycles. The first kappa shape index (κ1) is 40.1. The summed E-state index contributed by atoms with van der Waals surface area (Å²) in [5.41, 5.74) is -3.19. The molecule has 0 radical (unpaired) electrons. The average Bonchev–Trinajstić information content (AvgIpc) is 3.08. The number of hydrogen-bond donors (Lipinski definition) is 1. The third kappa shape index (κ3) is 9.09. The first-order chi connectivity index (χ1) is 22.9. The second-order valence-electron chi connectivity index (χ2n) is 13.9. The number of rotatable bonds is 8. The largest absolute Gasteiger partial charge is 0.458 e. The molecule has 0 aromatic heterocycles. The lowest BCUT2D eigenvalue weighted by Gasteiger charge is -2.47. The van der Waals surface area contributed by atoms with Crippen molar-refractivity contribution in [1.82, 2.24) is 4.90 Å². The number of carbonyl (C=O) groups excluding carboxylic acids is 5. The molecule has 3 rings (SSSR count). The molecule has 11 atom stereocenters. The summed E-state index contributed by atoms with van der Waals surface area (Å²) >= 11 is 0. The number of aldehydes is 1. The van der Waals surface area contributed by atoms with E-state index in [9.17, 15) is 29.1 Å². The number of methoxy groups -OCH3 is 1. The molecule has 2 aliphatic rings. The lowest BCUT2D eigenvalue weighted by Crippen LogP contribution is -2.60. The molecule has 272 valence electrons. The quantitative estimate of drug-likeness (QED) is 0.241. The van der Waals surface area contributed by atoms with Crippen LogP contribution < -0.4 is 0 Å². The van der Waals surface area contributed by atoms with Crippen LogP contribution >= 0.6 is 0 Å². The highest BCUT2D eigenvalue weighted by Gasteiger charge is 2.51. The number of aliphatic hydroxyl groups is 1. The molecule has 1 fully saturated rings. The second kappa shape index (κ2) is 16.6. The number of likely N-dealkylation sites (N-methyl/N-ethyl adjacent to an activating group) is 1. The van der Waals surface area contributed by atoms with Gasteiger partial charge in [-0.25, -0.2) is 4.79 Å². The van der Waals surface area contributed by atoms with Crippen molar-refractivity contribution in [2.75, 3.05) is 21.2 Å². The summed E-state index contributed by atoms with van der Waals surface area (Å²) in [7, 11) is 5.16. The van der Waals surface area contributed by atoms with Crippen molar-refractivity contribution in [1.29, 1.82) is 0 Å². The summed E-state index contributed by atoms with van der Waals surface area (Å²) in [4.78, 5) is 68.6. The predicted octanol–water partition coefficient (Wildman–Crippen LogP) is 3.72. The van der Waals surface area contributed by atoms with Crippen molar-refractivity contribution in [3.8, 4) is 0 Å². The van der Waals surface area contributed by atoms with E-state index in [1.54, 1.807) is 58.0 Å². The van der Waals surface area contributed by atoms with Crippen LogP contribution in [0.5, 0.6) is 0 Å². The van der Waals surface area contributed by atoms with Crippen LogP contribution in [0.2, 0.25) is 0 Å². The zero-order chi connectivity index (χ0) is 36.8. The molecule has 2 heterocycles. The Balaban J connectivity index is 2.14. The molecule has 49 heavy (non-hydrogen) atoms. The number of allylic oxidation sites excluding steroid dienone is 1. The molecule has 1 unspecified atom stereocenters. The van der Waals surface area contributed by atoms with Gasteiger partial charge in [0.25, 0.3) is 0 Å². The summed E-state index contributed by atoms with van der Waals surface area (Å²) < 4.78 is 30.7. The highest BCUT2D eigenvalue weighted by atomic mass is 16.7. The molecule has 0 bridgehead atoms. The monoisotopic (exact) mass is 687 g/mol. The van der Waals surface area contributed by atoms with Crippen LogP contribution in [0, 0.1) is 17.8 Å². The van der Waals surface area contributed by atoms with E-state index >= 15 is 0 Å². The normalized spacial score (nSPS) is 37.8. The number of ether oxygens (including phenoxy) is 5. The minimum absolute atomic E-state index is 0.0335. The van der Waals surface area contributed by atoms with Crippen molar-refractivity contribution in [2.24, 2.45) is 17.8 Å². The summed E-state index contributed by atoms with van der Waals surface area (Å²) in [6, 6.07) is 8.21. The van der Waals surface area contributed by atoms with E-state index in [0.29, 0.717) is 12.0 Å². The first-order valence-electron chi connectivity index (χ1n) is 16.9. The van der Waals surface area contributed by atoms with Crippen molar-refractivity contribution >= 4 is 29.8 Å². The molecule has 12 nitrogen and oxygen atoms in total. The highest BCUT2D eigenvalue weighted by Crippen LogP contribution is 2.38. The van der Waals surface area contributed by atoms with Gasteiger partial charge in [-0.05, 0) is 84.8 Å². The number of esters is 2. The molecule has 1 aromatic rings. The van der Waals surface area contributed by atoms with Gasteiger partial charge in [-0.2, -0.15) is 0 Å². The topological polar surface area (TPSA) is 155 Å². The summed E-state index contributed by atoms with van der Waals surface area (Å²) in [5, 5.41) is 11.2. The molecule has 1 aromatic carbocycles. The Kier molecular flexibility index (Phi) is 13.6. The van der Waals surface area contributed by atoms with Crippen LogP contribution in [-0.2, 0) is 42.9 Å². The maximum absolute atomic E-state index is 14.1. The van der Waals surface area contributed by atoms with Gasteiger partial charge >= 0.3 is 11.9 Å². The van der Waals surface area contributed by atoms with Crippen LogP contribution in [-0.4, -0.2) is 109 Å².